The quantitative estimate of drug-likeness (QED) is 0.649. The average Bonchev–Trinajstić information content (AvgIpc) is 2.83. The summed E-state index contributed by atoms with van der Waals surface area (Å²) < 4.78 is 5.70. The van der Waals surface area contributed by atoms with Gasteiger partial charge in [-0.1, -0.05) is 11.6 Å². The maximum atomic E-state index is 11.0. The van der Waals surface area contributed by atoms with Crippen LogP contribution in [0.3, 0.4) is 0 Å². The van der Waals surface area contributed by atoms with Gasteiger partial charge < -0.3 is 10.1 Å². The maximum Gasteiger partial charge on any atom is 0.312 e. The van der Waals surface area contributed by atoms with Crippen LogP contribution in [0.2, 0.25) is 4.47 Å². The Bertz CT molecular complexity index is 618. The standard InChI is InChI=1S/C12H12ClN3O3S/c1-2-19-11-4-3-8(5-10(11)16(17)18)14-6-9-7-15-12(13)20-9/h3-5,7,14H,2,6H2,1H3. The summed E-state index contributed by atoms with van der Waals surface area (Å²) in [5.74, 6) is 0.267. The van der Waals surface area contributed by atoms with Crippen molar-refractivity contribution in [1.82, 2.24) is 4.98 Å². The third kappa shape index (κ3) is 3.58. The molecular formula is C12H12ClN3O3S. The van der Waals surface area contributed by atoms with E-state index in [1.54, 1.807) is 25.3 Å². The third-order valence-electron chi connectivity index (χ3n) is 2.45. The number of nitro benzene ring substituents is 1. The zero-order valence-electron chi connectivity index (χ0n) is 10.6. The normalized spacial score (nSPS) is 10.3. The van der Waals surface area contributed by atoms with Crippen molar-refractivity contribution in [2.45, 2.75) is 13.5 Å². The van der Waals surface area contributed by atoms with E-state index in [9.17, 15) is 10.1 Å². The number of nitro groups is 1. The number of halogens is 1. The minimum absolute atomic E-state index is 0.0563. The number of benzene rings is 1. The molecule has 0 bridgehead atoms. The fraction of sp³-hybridized carbons (Fsp3) is 0.250. The molecule has 0 aliphatic heterocycles. The van der Waals surface area contributed by atoms with Gasteiger partial charge in [-0.25, -0.2) is 4.98 Å². The molecule has 20 heavy (non-hydrogen) atoms. The molecule has 0 fully saturated rings. The molecule has 1 aromatic carbocycles. The highest BCUT2D eigenvalue weighted by molar-refractivity contribution is 7.15. The first-order chi connectivity index (χ1) is 9.60. The zero-order chi connectivity index (χ0) is 14.5. The van der Waals surface area contributed by atoms with Gasteiger partial charge in [0.1, 0.15) is 0 Å². The van der Waals surface area contributed by atoms with Crippen LogP contribution in [-0.2, 0) is 6.54 Å². The Labute approximate surface area is 124 Å². The first-order valence-electron chi connectivity index (χ1n) is 5.85. The van der Waals surface area contributed by atoms with Gasteiger partial charge in [0.15, 0.2) is 10.2 Å². The lowest BCUT2D eigenvalue weighted by Gasteiger charge is -2.08. The molecule has 0 aliphatic rings. The molecule has 1 N–H and O–H groups in total. The third-order valence-corrected chi connectivity index (χ3v) is 3.56. The van der Waals surface area contributed by atoms with Crippen molar-refractivity contribution in [2.75, 3.05) is 11.9 Å². The largest absolute Gasteiger partial charge is 0.487 e. The molecule has 0 spiro atoms. The lowest BCUT2D eigenvalue weighted by atomic mass is 10.2. The number of nitrogens with zero attached hydrogens (tertiary/aromatic N) is 2. The monoisotopic (exact) mass is 313 g/mol. The highest BCUT2D eigenvalue weighted by Crippen LogP contribution is 2.30. The number of anilines is 1. The van der Waals surface area contributed by atoms with E-state index in [2.05, 4.69) is 10.3 Å². The van der Waals surface area contributed by atoms with E-state index in [0.717, 1.165) is 4.88 Å². The van der Waals surface area contributed by atoms with Crippen molar-refractivity contribution in [1.29, 1.82) is 0 Å². The van der Waals surface area contributed by atoms with Gasteiger partial charge in [-0.05, 0) is 19.1 Å². The number of rotatable bonds is 6. The Morgan fingerprint density at radius 3 is 2.95 bits per heavy atom. The highest BCUT2D eigenvalue weighted by Gasteiger charge is 2.15. The van der Waals surface area contributed by atoms with Crippen molar-refractivity contribution < 1.29 is 9.66 Å². The average molecular weight is 314 g/mol. The Hall–Kier alpha value is -1.86. The van der Waals surface area contributed by atoms with Gasteiger partial charge >= 0.3 is 5.69 Å². The van der Waals surface area contributed by atoms with Crippen LogP contribution >= 0.6 is 22.9 Å². The highest BCUT2D eigenvalue weighted by atomic mass is 35.5. The predicted octanol–water partition coefficient (Wildman–Crippen LogP) is 3.72. The van der Waals surface area contributed by atoms with Crippen LogP contribution in [0.15, 0.2) is 24.4 Å². The van der Waals surface area contributed by atoms with Gasteiger partial charge in [0.25, 0.3) is 0 Å². The van der Waals surface area contributed by atoms with Crippen LogP contribution in [-0.4, -0.2) is 16.5 Å². The molecule has 0 atom stereocenters. The predicted molar refractivity (Wildman–Crippen MR) is 78.7 cm³/mol. The summed E-state index contributed by atoms with van der Waals surface area (Å²) in [6.07, 6.45) is 1.67. The molecule has 0 unspecified atom stereocenters. The zero-order valence-corrected chi connectivity index (χ0v) is 12.2. The van der Waals surface area contributed by atoms with Gasteiger partial charge in [0.05, 0.1) is 18.1 Å². The van der Waals surface area contributed by atoms with Crippen molar-refractivity contribution >= 4 is 34.3 Å². The number of nitrogens with one attached hydrogen (secondary N) is 1. The van der Waals surface area contributed by atoms with E-state index in [1.807, 2.05) is 0 Å². The smallest absolute Gasteiger partial charge is 0.312 e. The van der Waals surface area contributed by atoms with Crippen LogP contribution in [0.1, 0.15) is 11.8 Å². The van der Waals surface area contributed by atoms with E-state index in [4.69, 9.17) is 16.3 Å². The van der Waals surface area contributed by atoms with Gasteiger partial charge in [0.2, 0.25) is 0 Å². The molecule has 106 valence electrons. The number of hydrogen-bond acceptors (Lipinski definition) is 6. The Morgan fingerprint density at radius 1 is 1.55 bits per heavy atom. The molecule has 0 radical (unpaired) electrons. The Balaban J connectivity index is 2.12. The van der Waals surface area contributed by atoms with Crippen LogP contribution in [0.25, 0.3) is 0 Å². The second-order valence-electron chi connectivity index (χ2n) is 3.81. The molecule has 8 heteroatoms. The number of ether oxygens (including phenoxy) is 1. The lowest BCUT2D eigenvalue weighted by Crippen LogP contribution is -2.01. The van der Waals surface area contributed by atoms with Crippen molar-refractivity contribution in [3.63, 3.8) is 0 Å². The Kier molecular flexibility index (Phi) is 4.75. The SMILES string of the molecule is CCOc1ccc(NCc2cnc(Cl)s2)cc1[N+](=O)[O-]. The fourth-order valence-electron chi connectivity index (χ4n) is 1.60. The van der Waals surface area contributed by atoms with E-state index in [0.29, 0.717) is 23.3 Å². The fourth-order valence-corrected chi connectivity index (χ4v) is 2.52. The maximum absolute atomic E-state index is 11.0. The topological polar surface area (TPSA) is 77.3 Å². The molecule has 0 amide bonds. The molecular weight excluding hydrogens is 302 g/mol. The summed E-state index contributed by atoms with van der Waals surface area (Å²) in [6.45, 7) is 2.67. The van der Waals surface area contributed by atoms with Crippen molar-refractivity contribution in [2.24, 2.45) is 0 Å². The van der Waals surface area contributed by atoms with E-state index < -0.39 is 4.92 Å². The number of aromatic nitrogens is 1. The van der Waals surface area contributed by atoms with E-state index in [-0.39, 0.29) is 11.4 Å². The minimum atomic E-state index is -0.459. The van der Waals surface area contributed by atoms with Gasteiger partial charge in [-0.2, -0.15) is 0 Å². The summed E-state index contributed by atoms with van der Waals surface area (Å²) >= 11 is 7.10. The summed E-state index contributed by atoms with van der Waals surface area (Å²) in [6, 6.07) is 4.78. The first kappa shape index (κ1) is 14.5. The first-order valence-corrected chi connectivity index (χ1v) is 7.05. The second kappa shape index (κ2) is 6.53. The van der Waals surface area contributed by atoms with Crippen molar-refractivity contribution in [3.8, 4) is 5.75 Å². The Morgan fingerprint density at radius 2 is 2.35 bits per heavy atom. The van der Waals surface area contributed by atoms with Crippen LogP contribution in [0, 0.1) is 10.1 Å². The molecule has 2 aromatic rings. The lowest BCUT2D eigenvalue weighted by molar-refractivity contribution is -0.385. The number of thiazole rings is 1. The summed E-state index contributed by atoms with van der Waals surface area (Å²) in [7, 11) is 0. The van der Waals surface area contributed by atoms with Crippen LogP contribution in [0.4, 0.5) is 11.4 Å². The second-order valence-corrected chi connectivity index (χ2v) is 5.50. The molecule has 0 aliphatic carbocycles. The molecule has 1 heterocycles. The minimum Gasteiger partial charge on any atom is -0.487 e. The molecule has 1 aromatic heterocycles. The molecule has 6 nitrogen and oxygen atoms in total. The van der Waals surface area contributed by atoms with Gasteiger partial charge in [0, 0.05) is 22.8 Å². The van der Waals surface area contributed by atoms with Gasteiger partial charge in [-0.15, -0.1) is 11.3 Å². The summed E-state index contributed by atoms with van der Waals surface area (Å²) in [5.41, 5.74) is 0.587. The van der Waals surface area contributed by atoms with Crippen LogP contribution < -0.4 is 10.1 Å². The molecule has 2 rings (SSSR count). The molecule has 0 saturated carbocycles. The van der Waals surface area contributed by atoms with E-state index in [1.165, 1.54) is 17.4 Å². The van der Waals surface area contributed by atoms with Crippen molar-refractivity contribution in [3.05, 3.63) is 43.9 Å². The number of hydrogen-bond donors (Lipinski definition) is 1. The molecule has 0 saturated heterocycles. The van der Waals surface area contributed by atoms with Gasteiger partial charge in [-0.3, -0.25) is 10.1 Å². The summed E-state index contributed by atoms with van der Waals surface area (Å²) in [4.78, 5) is 15.4. The summed E-state index contributed by atoms with van der Waals surface area (Å²) in [5, 5.41) is 14.1. The van der Waals surface area contributed by atoms with Crippen LogP contribution in [0.5, 0.6) is 5.75 Å². The van der Waals surface area contributed by atoms with E-state index >= 15 is 0 Å².